The Morgan fingerprint density at radius 1 is 0.833 bits per heavy atom. The van der Waals surface area contributed by atoms with Gasteiger partial charge in [-0.05, 0) is 98.5 Å². The van der Waals surface area contributed by atoms with Crippen LogP contribution in [-0.4, -0.2) is 65.7 Å². The maximum Gasteiger partial charge on any atom is 0.407 e. The van der Waals surface area contributed by atoms with E-state index in [0.717, 1.165) is 49.9 Å². The van der Waals surface area contributed by atoms with Crippen LogP contribution in [0, 0.1) is 0 Å². The standard InChI is InChI=1S/C45H51N3O6/c1-7-51-43(52-8-2)30(3)48(28-33-15-13-14-32-27-46-25-24-35(32)33)42(49)41(26-31-20-22-34(23-21-31)54-45(4,5)6)47-44(50)53-29-40-38-18-11-9-16-36(38)37-17-10-12-19-39(37)40/h9-25,27,30,40-41,43H,7-8,26,28-29H2,1-6H3,(H,47,50)/t30-,41-/m0/s1. The summed E-state index contributed by atoms with van der Waals surface area (Å²) in [6, 6.07) is 30.5. The highest BCUT2D eigenvalue weighted by molar-refractivity contribution is 5.88. The Labute approximate surface area is 318 Å². The Kier molecular flexibility index (Phi) is 12.3. The van der Waals surface area contributed by atoms with Crippen LogP contribution >= 0.6 is 0 Å². The second-order valence-corrected chi connectivity index (χ2v) is 14.6. The van der Waals surface area contributed by atoms with E-state index in [9.17, 15) is 4.79 Å². The Morgan fingerprint density at radius 3 is 2.11 bits per heavy atom. The predicted octanol–water partition coefficient (Wildman–Crippen LogP) is 8.68. The van der Waals surface area contributed by atoms with Crippen molar-refractivity contribution >= 4 is 22.8 Å². The summed E-state index contributed by atoms with van der Waals surface area (Å²) in [5, 5.41) is 4.92. The third-order valence-electron chi connectivity index (χ3n) is 9.66. The van der Waals surface area contributed by atoms with E-state index in [0.29, 0.717) is 13.2 Å². The van der Waals surface area contributed by atoms with E-state index in [-0.39, 0.29) is 37.0 Å². The maximum absolute atomic E-state index is 15.0. The van der Waals surface area contributed by atoms with Gasteiger partial charge in [0.15, 0.2) is 6.29 Å². The maximum atomic E-state index is 15.0. The smallest absolute Gasteiger partial charge is 0.407 e. The molecule has 1 aliphatic carbocycles. The lowest BCUT2D eigenvalue weighted by atomic mass is 9.98. The van der Waals surface area contributed by atoms with Crippen molar-refractivity contribution in [2.45, 2.75) is 84.4 Å². The molecule has 0 fully saturated rings. The molecule has 1 aromatic heterocycles. The number of alkyl carbamates (subject to hydrolysis) is 1. The fraction of sp³-hybridized carbons (Fsp3) is 0.356. The van der Waals surface area contributed by atoms with Gasteiger partial charge < -0.3 is 29.2 Å². The van der Waals surface area contributed by atoms with Crippen LogP contribution in [0.4, 0.5) is 4.79 Å². The third kappa shape index (κ3) is 9.09. The highest BCUT2D eigenvalue weighted by atomic mass is 16.7. The van der Waals surface area contributed by atoms with Crippen molar-refractivity contribution in [3.8, 4) is 16.9 Å². The molecule has 5 aromatic rings. The van der Waals surface area contributed by atoms with E-state index in [4.69, 9.17) is 18.9 Å². The van der Waals surface area contributed by atoms with Crippen molar-refractivity contribution in [2.24, 2.45) is 0 Å². The summed E-state index contributed by atoms with van der Waals surface area (Å²) in [6.07, 6.45) is 2.42. The van der Waals surface area contributed by atoms with Crippen molar-refractivity contribution in [1.29, 1.82) is 0 Å². The molecular weight excluding hydrogens is 679 g/mol. The number of benzene rings is 4. The van der Waals surface area contributed by atoms with Gasteiger partial charge in [0, 0.05) is 49.9 Å². The molecule has 9 nitrogen and oxygen atoms in total. The van der Waals surface area contributed by atoms with E-state index < -0.39 is 24.5 Å². The topological polar surface area (TPSA) is 99.2 Å². The predicted molar refractivity (Wildman–Crippen MR) is 211 cm³/mol. The van der Waals surface area contributed by atoms with Gasteiger partial charge in [0.25, 0.3) is 0 Å². The van der Waals surface area contributed by atoms with Crippen LogP contribution in [0.15, 0.2) is 109 Å². The number of amides is 2. The molecule has 282 valence electrons. The Morgan fingerprint density at radius 2 is 1.48 bits per heavy atom. The van der Waals surface area contributed by atoms with Gasteiger partial charge >= 0.3 is 6.09 Å². The summed E-state index contributed by atoms with van der Waals surface area (Å²) in [5.74, 6) is 0.306. The molecule has 54 heavy (non-hydrogen) atoms. The number of rotatable bonds is 15. The van der Waals surface area contributed by atoms with Gasteiger partial charge in [0.2, 0.25) is 5.91 Å². The molecule has 0 unspecified atom stereocenters. The average Bonchev–Trinajstić information content (AvgIpc) is 3.49. The summed E-state index contributed by atoms with van der Waals surface area (Å²) in [7, 11) is 0. The first-order valence-corrected chi connectivity index (χ1v) is 18.8. The van der Waals surface area contributed by atoms with Crippen molar-refractivity contribution in [3.05, 3.63) is 132 Å². The fourth-order valence-corrected chi connectivity index (χ4v) is 7.20. The molecule has 0 saturated carbocycles. The van der Waals surface area contributed by atoms with Gasteiger partial charge in [0.05, 0.1) is 6.04 Å². The van der Waals surface area contributed by atoms with Gasteiger partial charge in [0.1, 0.15) is 24.0 Å². The summed E-state index contributed by atoms with van der Waals surface area (Å²) in [5.41, 5.74) is 5.92. The minimum Gasteiger partial charge on any atom is -0.488 e. The molecule has 1 heterocycles. The number of ether oxygens (including phenoxy) is 4. The Balaban J connectivity index is 1.30. The van der Waals surface area contributed by atoms with Crippen LogP contribution in [0.3, 0.4) is 0 Å². The number of hydrogen-bond donors (Lipinski definition) is 1. The fourth-order valence-electron chi connectivity index (χ4n) is 7.20. The number of carbonyl (C=O) groups excluding carboxylic acids is 2. The lowest BCUT2D eigenvalue weighted by molar-refractivity contribution is -0.179. The zero-order chi connectivity index (χ0) is 38.2. The lowest BCUT2D eigenvalue weighted by Gasteiger charge is -2.36. The van der Waals surface area contributed by atoms with Crippen LogP contribution in [0.25, 0.3) is 21.9 Å². The molecule has 0 saturated heterocycles. The van der Waals surface area contributed by atoms with E-state index in [1.165, 1.54) is 0 Å². The summed E-state index contributed by atoms with van der Waals surface area (Å²) < 4.78 is 24.1. The van der Waals surface area contributed by atoms with Gasteiger partial charge in [-0.1, -0.05) is 78.9 Å². The van der Waals surface area contributed by atoms with E-state index in [1.54, 1.807) is 11.1 Å². The van der Waals surface area contributed by atoms with Crippen molar-refractivity contribution in [3.63, 3.8) is 0 Å². The summed E-state index contributed by atoms with van der Waals surface area (Å²) in [6.45, 7) is 12.9. The molecule has 1 aliphatic rings. The largest absolute Gasteiger partial charge is 0.488 e. The first kappa shape index (κ1) is 38.5. The molecule has 2 amide bonds. The number of carbonyl (C=O) groups is 2. The van der Waals surface area contributed by atoms with Gasteiger partial charge in [-0.2, -0.15) is 0 Å². The molecule has 2 atom stereocenters. The molecule has 0 aliphatic heterocycles. The average molecular weight is 730 g/mol. The quantitative estimate of drug-likeness (QED) is 0.108. The minimum absolute atomic E-state index is 0.122. The first-order valence-electron chi connectivity index (χ1n) is 18.8. The monoisotopic (exact) mass is 729 g/mol. The molecule has 9 heteroatoms. The number of fused-ring (bicyclic) bond motifs is 4. The van der Waals surface area contributed by atoms with Crippen LogP contribution in [-0.2, 0) is 32.0 Å². The zero-order valence-electron chi connectivity index (χ0n) is 32.1. The molecule has 0 radical (unpaired) electrons. The lowest BCUT2D eigenvalue weighted by Crippen LogP contribution is -2.55. The normalized spacial score (nSPS) is 13.6. The van der Waals surface area contributed by atoms with E-state index >= 15 is 4.79 Å². The van der Waals surface area contributed by atoms with E-state index in [2.05, 4.69) is 34.6 Å². The highest BCUT2D eigenvalue weighted by Crippen LogP contribution is 2.44. The number of hydrogen-bond acceptors (Lipinski definition) is 7. The number of pyridine rings is 1. The Bertz CT molecular complexity index is 1990. The minimum atomic E-state index is -0.974. The highest BCUT2D eigenvalue weighted by Gasteiger charge is 2.35. The van der Waals surface area contributed by atoms with Gasteiger partial charge in [-0.25, -0.2) is 4.79 Å². The summed E-state index contributed by atoms with van der Waals surface area (Å²) in [4.78, 5) is 34.9. The second kappa shape index (κ2) is 17.3. The van der Waals surface area contributed by atoms with Crippen molar-refractivity contribution < 1.29 is 28.5 Å². The molecule has 6 rings (SSSR count). The number of nitrogens with one attached hydrogen (secondary N) is 1. The molecule has 4 aromatic carbocycles. The zero-order valence-corrected chi connectivity index (χ0v) is 32.1. The van der Waals surface area contributed by atoms with E-state index in [1.807, 2.05) is 121 Å². The molecule has 0 spiro atoms. The SMILES string of the molecule is CCOC(OCC)[C@H](C)N(Cc1cccc2cnccc12)C(=O)[C@H](Cc1ccc(OC(C)(C)C)cc1)NC(=O)OCC1c2ccccc2-c2ccccc21. The van der Waals surface area contributed by atoms with Gasteiger partial charge in [-0.3, -0.25) is 9.78 Å². The number of aromatic nitrogens is 1. The van der Waals surface area contributed by atoms with Gasteiger partial charge in [-0.15, -0.1) is 0 Å². The van der Waals surface area contributed by atoms with Crippen LogP contribution in [0.5, 0.6) is 5.75 Å². The number of nitrogens with zero attached hydrogens (tertiary/aromatic N) is 2. The first-order chi connectivity index (χ1) is 26.1. The van der Waals surface area contributed by atoms with Crippen LogP contribution in [0.2, 0.25) is 0 Å². The van der Waals surface area contributed by atoms with Crippen LogP contribution < -0.4 is 10.1 Å². The Hall–Kier alpha value is -5.25. The van der Waals surface area contributed by atoms with Crippen LogP contribution in [0.1, 0.15) is 69.7 Å². The summed E-state index contributed by atoms with van der Waals surface area (Å²) >= 11 is 0. The molecule has 0 bridgehead atoms. The second-order valence-electron chi connectivity index (χ2n) is 14.6. The molecule has 1 N–H and O–H groups in total. The molecular formula is C45H51N3O6. The van der Waals surface area contributed by atoms with Crippen molar-refractivity contribution in [2.75, 3.05) is 19.8 Å². The third-order valence-corrected chi connectivity index (χ3v) is 9.66. The van der Waals surface area contributed by atoms with Crippen molar-refractivity contribution in [1.82, 2.24) is 15.2 Å².